The maximum Gasteiger partial charge on any atom is 0.138 e. The highest BCUT2D eigenvalue weighted by molar-refractivity contribution is 9.10. The van der Waals surface area contributed by atoms with Crippen LogP contribution in [0.25, 0.3) is 0 Å². The van der Waals surface area contributed by atoms with Crippen molar-refractivity contribution in [2.45, 2.75) is 19.3 Å². The van der Waals surface area contributed by atoms with Gasteiger partial charge in [0.1, 0.15) is 5.78 Å². The topological polar surface area (TPSA) is 30.0 Å². The van der Waals surface area contributed by atoms with Crippen LogP contribution in [0.15, 0.2) is 40.4 Å². The summed E-state index contributed by atoms with van der Waals surface area (Å²) < 4.78 is 1.04. The Labute approximate surface area is 113 Å². The van der Waals surface area contributed by atoms with Gasteiger partial charge in [0.2, 0.25) is 0 Å². The van der Waals surface area contributed by atoms with Crippen LogP contribution >= 0.6 is 27.3 Å². The summed E-state index contributed by atoms with van der Waals surface area (Å²) >= 11 is 5.06. The van der Waals surface area contributed by atoms with Gasteiger partial charge < -0.3 is 0 Å². The lowest BCUT2D eigenvalue weighted by molar-refractivity contribution is -0.118. The average molecular weight is 310 g/mol. The summed E-state index contributed by atoms with van der Waals surface area (Å²) in [5.41, 5.74) is 1.17. The molecular formula is C13H12BrNOS. The molecule has 2 rings (SSSR count). The normalized spacial score (nSPS) is 10.4. The Kier molecular flexibility index (Phi) is 4.45. The number of nitrogens with zero attached hydrogens (tertiary/aromatic N) is 1. The molecule has 0 aliphatic rings. The van der Waals surface area contributed by atoms with Crippen molar-refractivity contribution < 1.29 is 4.79 Å². The maximum atomic E-state index is 11.8. The molecule has 0 unspecified atom stereocenters. The quantitative estimate of drug-likeness (QED) is 0.844. The van der Waals surface area contributed by atoms with Gasteiger partial charge in [-0.15, -0.1) is 11.3 Å². The number of Topliss-reactive ketones (excluding diaryl/α,β-unsaturated/α-hetero) is 1. The highest BCUT2D eigenvalue weighted by Gasteiger charge is 2.08. The van der Waals surface area contributed by atoms with Crippen molar-refractivity contribution in [3.8, 4) is 0 Å². The Morgan fingerprint density at radius 3 is 2.71 bits per heavy atom. The first-order valence-electron chi connectivity index (χ1n) is 5.38. The summed E-state index contributed by atoms with van der Waals surface area (Å²) in [6.07, 6.45) is 5.44. The zero-order valence-corrected chi connectivity index (χ0v) is 11.6. The molecule has 0 aliphatic carbocycles. The lowest BCUT2D eigenvalue weighted by Gasteiger charge is -2.00. The fourth-order valence-electron chi connectivity index (χ4n) is 1.55. The fourth-order valence-corrected chi connectivity index (χ4v) is 3.07. The van der Waals surface area contributed by atoms with E-state index in [9.17, 15) is 4.79 Å². The molecule has 4 heteroatoms. The van der Waals surface area contributed by atoms with Gasteiger partial charge in [-0.1, -0.05) is 0 Å². The highest BCUT2D eigenvalue weighted by Crippen LogP contribution is 2.23. The van der Waals surface area contributed by atoms with Crippen LogP contribution < -0.4 is 0 Å². The molecular weight excluding hydrogens is 298 g/mol. The third-order valence-electron chi connectivity index (χ3n) is 2.49. The van der Waals surface area contributed by atoms with Crippen LogP contribution in [0.1, 0.15) is 16.9 Å². The Bertz CT molecular complexity index is 495. The van der Waals surface area contributed by atoms with Crippen molar-refractivity contribution >= 4 is 33.0 Å². The largest absolute Gasteiger partial charge is 0.299 e. The van der Waals surface area contributed by atoms with Crippen molar-refractivity contribution in [1.29, 1.82) is 0 Å². The average Bonchev–Trinajstić information content (AvgIpc) is 2.74. The van der Waals surface area contributed by atoms with E-state index < -0.39 is 0 Å². The van der Waals surface area contributed by atoms with Crippen LogP contribution in [-0.4, -0.2) is 10.8 Å². The Morgan fingerprint density at radius 1 is 1.29 bits per heavy atom. The van der Waals surface area contributed by atoms with Crippen LogP contribution in [0.4, 0.5) is 0 Å². The number of carbonyl (C=O) groups is 1. The second-order valence-corrected chi connectivity index (χ2v) is 5.62. The second-order valence-electron chi connectivity index (χ2n) is 3.76. The van der Waals surface area contributed by atoms with Gasteiger partial charge in [0.25, 0.3) is 0 Å². The lowest BCUT2D eigenvalue weighted by Crippen LogP contribution is -2.03. The standard InChI is InChI=1S/C13H12BrNOS/c14-12-5-8-17-13(12)9-11(16)2-1-10-3-6-15-7-4-10/h3-8H,1-2,9H2. The van der Waals surface area contributed by atoms with Crippen molar-refractivity contribution in [2.24, 2.45) is 0 Å². The first kappa shape index (κ1) is 12.5. The van der Waals surface area contributed by atoms with Gasteiger partial charge in [-0.05, 0) is 51.5 Å². The van der Waals surface area contributed by atoms with Crippen LogP contribution in [0, 0.1) is 0 Å². The first-order valence-corrected chi connectivity index (χ1v) is 7.05. The van der Waals surface area contributed by atoms with E-state index in [2.05, 4.69) is 20.9 Å². The number of thiophene rings is 1. The minimum absolute atomic E-state index is 0.282. The number of carbonyl (C=O) groups excluding carboxylic acids is 1. The van der Waals surface area contributed by atoms with E-state index >= 15 is 0 Å². The van der Waals surface area contributed by atoms with E-state index in [1.54, 1.807) is 23.7 Å². The van der Waals surface area contributed by atoms with Crippen molar-refractivity contribution in [1.82, 2.24) is 4.98 Å². The lowest BCUT2D eigenvalue weighted by atomic mass is 10.1. The van der Waals surface area contributed by atoms with Crippen LogP contribution in [-0.2, 0) is 17.6 Å². The molecule has 0 N–H and O–H groups in total. The van der Waals surface area contributed by atoms with Crippen molar-refractivity contribution in [2.75, 3.05) is 0 Å². The van der Waals surface area contributed by atoms with Crippen molar-refractivity contribution in [3.63, 3.8) is 0 Å². The van der Waals surface area contributed by atoms with Gasteiger partial charge in [-0.25, -0.2) is 0 Å². The summed E-state index contributed by atoms with van der Waals surface area (Å²) in [5, 5.41) is 2.00. The maximum absolute atomic E-state index is 11.8. The molecule has 2 aromatic rings. The number of aryl methyl sites for hydroxylation is 1. The summed E-state index contributed by atoms with van der Waals surface area (Å²) in [6.45, 7) is 0. The van der Waals surface area contributed by atoms with E-state index in [4.69, 9.17) is 0 Å². The molecule has 0 saturated carbocycles. The van der Waals surface area contributed by atoms with Gasteiger partial charge in [0.15, 0.2) is 0 Å². The zero-order chi connectivity index (χ0) is 12.1. The van der Waals surface area contributed by atoms with E-state index in [0.717, 1.165) is 15.8 Å². The number of pyridine rings is 1. The number of halogens is 1. The van der Waals surface area contributed by atoms with E-state index in [1.165, 1.54) is 5.56 Å². The summed E-state index contributed by atoms with van der Waals surface area (Å²) in [4.78, 5) is 16.9. The number of hydrogen-bond donors (Lipinski definition) is 0. The van der Waals surface area contributed by atoms with Crippen LogP contribution in [0.3, 0.4) is 0 Å². The Morgan fingerprint density at radius 2 is 2.06 bits per heavy atom. The SMILES string of the molecule is O=C(CCc1ccncc1)Cc1sccc1Br. The molecule has 0 fully saturated rings. The molecule has 2 aromatic heterocycles. The van der Waals surface area contributed by atoms with E-state index in [0.29, 0.717) is 12.8 Å². The molecule has 2 nitrogen and oxygen atoms in total. The van der Waals surface area contributed by atoms with E-state index in [1.807, 2.05) is 23.6 Å². The Hall–Kier alpha value is -1.00. The molecule has 0 saturated heterocycles. The molecule has 0 aliphatic heterocycles. The first-order chi connectivity index (χ1) is 8.25. The molecule has 0 radical (unpaired) electrons. The van der Waals surface area contributed by atoms with Gasteiger partial charge in [-0.3, -0.25) is 9.78 Å². The predicted octanol–water partition coefficient (Wildman–Crippen LogP) is 3.65. The third-order valence-corrected chi connectivity index (χ3v) is 4.42. The van der Waals surface area contributed by atoms with Gasteiger partial charge in [-0.2, -0.15) is 0 Å². The van der Waals surface area contributed by atoms with Crippen molar-refractivity contribution in [3.05, 3.63) is 50.9 Å². The highest BCUT2D eigenvalue weighted by atomic mass is 79.9. The Balaban J connectivity index is 1.85. The van der Waals surface area contributed by atoms with Gasteiger partial charge in [0, 0.05) is 34.6 Å². The third kappa shape index (κ3) is 3.75. The number of ketones is 1. The monoisotopic (exact) mass is 309 g/mol. The number of rotatable bonds is 5. The predicted molar refractivity (Wildman–Crippen MR) is 73.3 cm³/mol. The summed E-state index contributed by atoms with van der Waals surface area (Å²) in [5.74, 6) is 0.282. The van der Waals surface area contributed by atoms with Gasteiger partial charge >= 0.3 is 0 Å². The summed E-state index contributed by atoms with van der Waals surface area (Å²) in [6, 6.07) is 5.89. The molecule has 0 aromatic carbocycles. The molecule has 2 heterocycles. The minimum atomic E-state index is 0.282. The van der Waals surface area contributed by atoms with Crippen LogP contribution in [0.5, 0.6) is 0 Å². The molecule has 0 amide bonds. The summed E-state index contributed by atoms with van der Waals surface area (Å²) in [7, 11) is 0. The minimum Gasteiger partial charge on any atom is -0.299 e. The molecule has 0 spiro atoms. The number of hydrogen-bond acceptors (Lipinski definition) is 3. The number of aromatic nitrogens is 1. The molecule has 0 atom stereocenters. The smallest absolute Gasteiger partial charge is 0.138 e. The zero-order valence-electron chi connectivity index (χ0n) is 9.23. The van der Waals surface area contributed by atoms with E-state index in [-0.39, 0.29) is 5.78 Å². The van der Waals surface area contributed by atoms with Crippen LogP contribution in [0.2, 0.25) is 0 Å². The second kappa shape index (κ2) is 6.07. The molecule has 17 heavy (non-hydrogen) atoms. The molecule has 88 valence electrons. The van der Waals surface area contributed by atoms with Gasteiger partial charge in [0.05, 0.1) is 0 Å². The molecule has 0 bridgehead atoms. The fraction of sp³-hybridized carbons (Fsp3) is 0.231.